The van der Waals surface area contributed by atoms with Crippen molar-refractivity contribution in [1.29, 1.82) is 0 Å². The zero-order valence-electron chi connectivity index (χ0n) is 6.41. The second-order valence-corrected chi connectivity index (χ2v) is 4.89. The molecule has 1 fully saturated rings. The van der Waals surface area contributed by atoms with Gasteiger partial charge < -0.3 is 0 Å². The van der Waals surface area contributed by atoms with Gasteiger partial charge in [0.05, 0.1) is 5.41 Å². The highest BCUT2D eigenvalue weighted by Crippen LogP contribution is 2.67. The molecular weight excluding hydrogens is 154 g/mol. The van der Waals surface area contributed by atoms with Crippen LogP contribution in [-0.4, -0.2) is 10.7 Å². The SMILES string of the molecule is CC(C)(S)C1(C)CC1(F)F. The summed E-state index contributed by atoms with van der Waals surface area (Å²) in [6, 6.07) is 0. The third-order valence-corrected chi connectivity index (χ3v) is 3.10. The molecule has 0 saturated heterocycles. The van der Waals surface area contributed by atoms with Crippen molar-refractivity contribution in [3.8, 4) is 0 Å². The first kappa shape index (κ1) is 8.31. The molecule has 0 aromatic rings. The minimum absolute atomic E-state index is 0.0174. The molecule has 0 nitrogen and oxygen atoms in total. The first-order chi connectivity index (χ1) is 4.21. The summed E-state index contributed by atoms with van der Waals surface area (Å²) in [5.41, 5.74) is -0.886. The quantitative estimate of drug-likeness (QED) is 0.569. The first-order valence-electron chi connectivity index (χ1n) is 3.31. The molecule has 0 spiro atoms. The van der Waals surface area contributed by atoms with Crippen LogP contribution >= 0.6 is 12.6 Å². The van der Waals surface area contributed by atoms with Gasteiger partial charge in [-0.05, 0) is 0 Å². The van der Waals surface area contributed by atoms with E-state index in [1.165, 1.54) is 0 Å². The molecule has 0 N–H and O–H groups in total. The summed E-state index contributed by atoms with van der Waals surface area (Å²) in [6.45, 7) is 5.05. The lowest BCUT2D eigenvalue weighted by atomic mass is 9.93. The summed E-state index contributed by atoms with van der Waals surface area (Å²) in [4.78, 5) is 0. The molecular formula is C7H12F2S. The van der Waals surface area contributed by atoms with Gasteiger partial charge in [-0.15, -0.1) is 0 Å². The van der Waals surface area contributed by atoms with E-state index in [4.69, 9.17) is 0 Å². The van der Waals surface area contributed by atoms with Crippen LogP contribution in [-0.2, 0) is 0 Å². The molecule has 0 aliphatic heterocycles. The zero-order valence-corrected chi connectivity index (χ0v) is 7.30. The van der Waals surface area contributed by atoms with Crippen molar-refractivity contribution < 1.29 is 8.78 Å². The van der Waals surface area contributed by atoms with Crippen LogP contribution in [0.3, 0.4) is 0 Å². The van der Waals surface area contributed by atoms with Gasteiger partial charge in [-0.1, -0.05) is 20.8 Å². The van der Waals surface area contributed by atoms with E-state index < -0.39 is 16.1 Å². The number of rotatable bonds is 1. The molecule has 1 rings (SSSR count). The molecule has 1 unspecified atom stereocenters. The Morgan fingerprint density at radius 1 is 1.40 bits per heavy atom. The van der Waals surface area contributed by atoms with E-state index in [0.717, 1.165) is 0 Å². The number of hydrogen-bond donors (Lipinski definition) is 1. The highest BCUT2D eigenvalue weighted by molar-refractivity contribution is 7.81. The number of thiol groups is 1. The first-order valence-corrected chi connectivity index (χ1v) is 3.76. The number of hydrogen-bond acceptors (Lipinski definition) is 1. The Hall–Kier alpha value is 0.210. The summed E-state index contributed by atoms with van der Waals surface area (Å²) in [5.74, 6) is -2.49. The van der Waals surface area contributed by atoms with E-state index in [1.54, 1.807) is 20.8 Å². The van der Waals surface area contributed by atoms with Gasteiger partial charge in [-0.2, -0.15) is 12.6 Å². The van der Waals surface area contributed by atoms with E-state index >= 15 is 0 Å². The molecule has 0 aromatic heterocycles. The highest BCUT2D eigenvalue weighted by Gasteiger charge is 2.73. The lowest BCUT2D eigenvalue weighted by Gasteiger charge is -2.25. The topological polar surface area (TPSA) is 0 Å². The van der Waals surface area contributed by atoms with Crippen LogP contribution in [0.5, 0.6) is 0 Å². The van der Waals surface area contributed by atoms with Crippen LogP contribution in [0, 0.1) is 5.41 Å². The van der Waals surface area contributed by atoms with Gasteiger partial charge in [0, 0.05) is 11.2 Å². The van der Waals surface area contributed by atoms with Gasteiger partial charge in [0.15, 0.2) is 0 Å². The standard InChI is InChI=1S/C7H12F2S/c1-5(2,10)6(3)4-7(6,8)9/h10H,4H2,1-3H3. The number of halogens is 2. The van der Waals surface area contributed by atoms with Crippen molar-refractivity contribution in [2.24, 2.45) is 5.41 Å². The number of alkyl halides is 2. The van der Waals surface area contributed by atoms with E-state index in [0.29, 0.717) is 0 Å². The molecule has 1 saturated carbocycles. The third-order valence-electron chi connectivity index (χ3n) is 2.61. The van der Waals surface area contributed by atoms with E-state index in [1.807, 2.05) is 0 Å². The van der Waals surface area contributed by atoms with Gasteiger partial charge in [0.1, 0.15) is 0 Å². The molecule has 0 aromatic carbocycles. The summed E-state index contributed by atoms with van der Waals surface area (Å²) in [5, 5.41) is 0. The second kappa shape index (κ2) is 1.68. The van der Waals surface area contributed by atoms with Gasteiger partial charge in [-0.3, -0.25) is 0 Å². The predicted molar refractivity (Wildman–Crippen MR) is 40.7 cm³/mol. The average Bonchev–Trinajstić information content (AvgIpc) is 2.05. The largest absolute Gasteiger partial charge is 0.255 e. The molecule has 0 amide bonds. The van der Waals surface area contributed by atoms with Gasteiger partial charge >= 0.3 is 0 Å². The smallest absolute Gasteiger partial charge is 0.206 e. The van der Waals surface area contributed by atoms with Crippen LogP contribution in [0.2, 0.25) is 0 Å². The Morgan fingerprint density at radius 2 is 1.70 bits per heavy atom. The Balaban J connectivity index is 2.78. The molecule has 1 aliphatic rings. The van der Waals surface area contributed by atoms with E-state index in [-0.39, 0.29) is 6.42 Å². The van der Waals surface area contributed by atoms with Gasteiger partial charge in [-0.25, -0.2) is 8.78 Å². The molecule has 0 heterocycles. The molecule has 0 radical (unpaired) electrons. The summed E-state index contributed by atoms with van der Waals surface area (Å²) < 4.78 is 24.7. The van der Waals surface area contributed by atoms with Crippen LogP contribution in [0.15, 0.2) is 0 Å². The molecule has 10 heavy (non-hydrogen) atoms. The Bertz CT molecular complexity index is 159. The lowest BCUT2D eigenvalue weighted by molar-refractivity contribution is 0.0598. The Morgan fingerprint density at radius 3 is 1.70 bits per heavy atom. The summed E-state index contributed by atoms with van der Waals surface area (Å²) in [7, 11) is 0. The second-order valence-electron chi connectivity index (χ2n) is 3.77. The summed E-state index contributed by atoms with van der Waals surface area (Å²) in [6.07, 6.45) is -0.0174. The van der Waals surface area contributed by atoms with Crippen molar-refractivity contribution in [2.45, 2.75) is 37.9 Å². The van der Waals surface area contributed by atoms with E-state index in [9.17, 15) is 8.78 Å². The van der Waals surface area contributed by atoms with Gasteiger partial charge in [0.25, 0.3) is 5.92 Å². The highest BCUT2D eigenvalue weighted by atomic mass is 32.1. The third kappa shape index (κ3) is 0.865. The maximum atomic E-state index is 12.6. The van der Waals surface area contributed by atoms with Crippen molar-refractivity contribution in [3.63, 3.8) is 0 Å². The fourth-order valence-corrected chi connectivity index (χ4v) is 1.31. The fraction of sp³-hybridized carbons (Fsp3) is 1.00. The molecule has 60 valence electrons. The monoisotopic (exact) mass is 166 g/mol. The minimum Gasteiger partial charge on any atom is -0.206 e. The van der Waals surface area contributed by atoms with Crippen LogP contribution in [0.1, 0.15) is 27.2 Å². The van der Waals surface area contributed by atoms with E-state index in [2.05, 4.69) is 12.6 Å². The summed E-state index contributed by atoms with van der Waals surface area (Å²) >= 11 is 4.13. The van der Waals surface area contributed by atoms with Gasteiger partial charge in [0.2, 0.25) is 0 Å². The van der Waals surface area contributed by atoms with Crippen LogP contribution < -0.4 is 0 Å². The minimum atomic E-state index is -2.49. The van der Waals surface area contributed by atoms with Crippen molar-refractivity contribution in [2.75, 3.05) is 0 Å². The zero-order chi connectivity index (χ0) is 8.21. The average molecular weight is 166 g/mol. The fourth-order valence-electron chi connectivity index (χ4n) is 1.06. The van der Waals surface area contributed by atoms with Crippen LogP contribution in [0.4, 0.5) is 8.78 Å². The molecule has 1 aliphatic carbocycles. The molecule has 3 heteroatoms. The van der Waals surface area contributed by atoms with Crippen molar-refractivity contribution >= 4 is 12.6 Å². The predicted octanol–water partition coefficient (Wildman–Crippen LogP) is 2.74. The van der Waals surface area contributed by atoms with Crippen molar-refractivity contribution in [3.05, 3.63) is 0 Å². The Labute approximate surface area is 65.4 Å². The molecule has 1 atom stereocenters. The molecule has 0 bridgehead atoms. The lowest BCUT2D eigenvalue weighted by Crippen LogP contribution is -2.28. The maximum Gasteiger partial charge on any atom is 0.255 e. The maximum absolute atomic E-state index is 12.6. The van der Waals surface area contributed by atoms with Crippen molar-refractivity contribution in [1.82, 2.24) is 0 Å². The Kier molecular flexibility index (Phi) is 1.40. The van der Waals surface area contributed by atoms with Crippen LogP contribution in [0.25, 0.3) is 0 Å². The normalized spacial score (nSPS) is 37.8.